The Balaban J connectivity index is 3.65. The Morgan fingerprint density at radius 3 is 2.53 bits per heavy atom. The highest BCUT2D eigenvalue weighted by atomic mass is 16.5. The highest BCUT2D eigenvalue weighted by Gasteiger charge is 2.17. The van der Waals surface area contributed by atoms with Gasteiger partial charge < -0.3 is 15.2 Å². The molecule has 0 fully saturated rings. The second-order valence-electron chi connectivity index (χ2n) is 4.19. The molecule has 0 aliphatic heterocycles. The van der Waals surface area contributed by atoms with Gasteiger partial charge in [0.1, 0.15) is 6.04 Å². The Hall–Kier alpha value is -0.610. The Morgan fingerprint density at radius 1 is 1.24 bits per heavy atom. The first-order valence-corrected chi connectivity index (χ1v) is 6.77. The molecule has 0 heterocycles. The van der Waals surface area contributed by atoms with Crippen LogP contribution in [0, 0.1) is 0 Å². The maximum Gasteiger partial charge on any atom is 0.323 e. The van der Waals surface area contributed by atoms with E-state index in [1.165, 1.54) is 0 Å². The Bertz CT molecular complexity index is 186. The topological polar surface area (TPSA) is 58.6 Å². The van der Waals surface area contributed by atoms with Crippen molar-refractivity contribution in [2.75, 3.05) is 19.8 Å². The van der Waals surface area contributed by atoms with Crippen LogP contribution in [0.1, 0.15) is 52.4 Å². The van der Waals surface area contributed by atoms with Crippen LogP contribution in [0.4, 0.5) is 0 Å². The van der Waals surface area contributed by atoms with Crippen LogP contribution >= 0.6 is 0 Å². The summed E-state index contributed by atoms with van der Waals surface area (Å²) in [4.78, 5) is 11.6. The minimum Gasteiger partial charge on any atom is -0.465 e. The lowest BCUT2D eigenvalue weighted by Crippen LogP contribution is -2.38. The van der Waals surface area contributed by atoms with Crippen LogP contribution in [0.25, 0.3) is 0 Å². The van der Waals surface area contributed by atoms with Gasteiger partial charge in [-0.25, -0.2) is 0 Å². The van der Waals surface area contributed by atoms with Crippen molar-refractivity contribution in [3.63, 3.8) is 0 Å². The van der Waals surface area contributed by atoms with Gasteiger partial charge in [-0.15, -0.1) is 0 Å². The standard InChI is InChI=1S/C13H27NO3/c1-3-9-12(13(16)17-4-2)14-10-7-5-6-8-11-15/h12,14-15H,3-11H2,1-2H3. The van der Waals surface area contributed by atoms with Gasteiger partial charge in [0, 0.05) is 6.61 Å². The summed E-state index contributed by atoms with van der Waals surface area (Å²) < 4.78 is 5.02. The second kappa shape index (κ2) is 11.9. The predicted octanol–water partition coefficient (Wildman–Crippen LogP) is 1.86. The molecule has 0 aliphatic rings. The van der Waals surface area contributed by atoms with Crippen LogP contribution in [0.15, 0.2) is 0 Å². The van der Waals surface area contributed by atoms with Gasteiger partial charge >= 0.3 is 5.97 Å². The SMILES string of the molecule is CCCC(NCCCCCCO)C(=O)OCC. The number of esters is 1. The monoisotopic (exact) mass is 245 g/mol. The number of carbonyl (C=O) groups excluding carboxylic acids is 1. The van der Waals surface area contributed by atoms with Crippen molar-refractivity contribution in [3.8, 4) is 0 Å². The van der Waals surface area contributed by atoms with Crippen molar-refractivity contribution >= 4 is 5.97 Å². The number of unbranched alkanes of at least 4 members (excludes halogenated alkanes) is 3. The molecule has 102 valence electrons. The summed E-state index contributed by atoms with van der Waals surface area (Å²) >= 11 is 0. The summed E-state index contributed by atoms with van der Waals surface area (Å²) in [5, 5.41) is 11.9. The summed E-state index contributed by atoms with van der Waals surface area (Å²) in [5.41, 5.74) is 0. The summed E-state index contributed by atoms with van der Waals surface area (Å²) in [6, 6.07) is -0.155. The van der Waals surface area contributed by atoms with Crippen molar-refractivity contribution < 1.29 is 14.6 Å². The number of rotatable bonds is 11. The number of ether oxygens (including phenoxy) is 1. The molecule has 0 saturated carbocycles. The molecule has 0 aromatic heterocycles. The quantitative estimate of drug-likeness (QED) is 0.431. The zero-order valence-corrected chi connectivity index (χ0v) is 11.2. The van der Waals surface area contributed by atoms with E-state index >= 15 is 0 Å². The molecule has 0 aromatic rings. The summed E-state index contributed by atoms with van der Waals surface area (Å²) in [5.74, 6) is -0.135. The fourth-order valence-electron chi connectivity index (χ4n) is 1.70. The van der Waals surface area contributed by atoms with Gasteiger partial charge in [0.15, 0.2) is 0 Å². The maximum atomic E-state index is 11.6. The lowest BCUT2D eigenvalue weighted by atomic mass is 10.1. The average molecular weight is 245 g/mol. The summed E-state index contributed by atoms with van der Waals surface area (Å²) in [6.45, 7) is 5.45. The van der Waals surface area contributed by atoms with Crippen molar-refractivity contribution in [3.05, 3.63) is 0 Å². The van der Waals surface area contributed by atoms with Crippen LogP contribution in [-0.2, 0) is 9.53 Å². The van der Waals surface area contributed by atoms with Crippen molar-refractivity contribution in [2.45, 2.75) is 58.4 Å². The molecule has 4 heteroatoms. The zero-order valence-electron chi connectivity index (χ0n) is 11.2. The molecule has 0 aromatic carbocycles. The lowest BCUT2D eigenvalue weighted by molar-refractivity contribution is -0.145. The number of nitrogens with one attached hydrogen (secondary N) is 1. The first kappa shape index (κ1) is 16.4. The zero-order chi connectivity index (χ0) is 12.9. The summed E-state index contributed by atoms with van der Waals surface area (Å²) in [6.07, 6.45) is 5.86. The molecule has 4 nitrogen and oxygen atoms in total. The third-order valence-corrected chi connectivity index (χ3v) is 2.62. The van der Waals surface area contributed by atoms with Crippen LogP contribution in [0.5, 0.6) is 0 Å². The normalized spacial score (nSPS) is 12.4. The minimum absolute atomic E-state index is 0.135. The van der Waals surface area contributed by atoms with Crippen LogP contribution in [0.2, 0.25) is 0 Å². The number of hydrogen-bond acceptors (Lipinski definition) is 4. The van der Waals surface area contributed by atoms with E-state index in [4.69, 9.17) is 9.84 Å². The van der Waals surface area contributed by atoms with Crippen molar-refractivity contribution in [1.82, 2.24) is 5.32 Å². The fourth-order valence-corrected chi connectivity index (χ4v) is 1.70. The number of aliphatic hydroxyl groups is 1. The fraction of sp³-hybridized carbons (Fsp3) is 0.923. The molecule has 1 atom stereocenters. The molecule has 0 bridgehead atoms. The molecular formula is C13H27NO3. The smallest absolute Gasteiger partial charge is 0.323 e. The third kappa shape index (κ3) is 9.12. The highest BCUT2D eigenvalue weighted by molar-refractivity contribution is 5.75. The van der Waals surface area contributed by atoms with E-state index in [1.54, 1.807) is 0 Å². The molecule has 0 spiro atoms. The lowest BCUT2D eigenvalue weighted by Gasteiger charge is -2.16. The van der Waals surface area contributed by atoms with Gasteiger partial charge in [-0.2, -0.15) is 0 Å². The van der Waals surface area contributed by atoms with E-state index in [0.29, 0.717) is 6.61 Å². The van der Waals surface area contributed by atoms with Gasteiger partial charge in [-0.1, -0.05) is 26.2 Å². The number of hydrogen-bond donors (Lipinski definition) is 2. The first-order valence-electron chi connectivity index (χ1n) is 6.77. The van der Waals surface area contributed by atoms with E-state index in [0.717, 1.165) is 45.1 Å². The van der Waals surface area contributed by atoms with E-state index in [-0.39, 0.29) is 18.6 Å². The predicted molar refractivity (Wildman–Crippen MR) is 68.9 cm³/mol. The Kier molecular flexibility index (Phi) is 11.4. The molecule has 0 radical (unpaired) electrons. The van der Waals surface area contributed by atoms with Crippen molar-refractivity contribution in [1.29, 1.82) is 0 Å². The van der Waals surface area contributed by atoms with E-state index < -0.39 is 0 Å². The van der Waals surface area contributed by atoms with Gasteiger partial charge in [-0.3, -0.25) is 4.79 Å². The molecule has 1 unspecified atom stereocenters. The molecule has 0 rings (SSSR count). The van der Waals surface area contributed by atoms with E-state index in [2.05, 4.69) is 12.2 Å². The average Bonchev–Trinajstić information content (AvgIpc) is 2.32. The molecule has 0 amide bonds. The van der Waals surface area contributed by atoms with Crippen molar-refractivity contribution in [2.24, 2.45) is 0 Å². The molecular weight excluding hydrogens is 218 g/mol. The highest BCUT2D eigenvalue weighted by Crippen LogP contribution is 2.02. The van der Waals surface area contributed by atoms with Crippen LogP contribution in [0.3, 0.4) is 0 Å². The molecule has 0 saturated heterocycles. The molecule has 17 heavy (non-hydrogen) atoms. The Morgan fingerprint density at radius 2 is 1.94 bits per heavy atom. The van der Waals surface area contributed by atoms with Gasteiger partial charge in [0.25, 0.3) is 0 Å². The van der Waals surface area contributed by atoms with E-state index in [9.17, 15) is 4.79 Å². The minimum atomic E-state index is -0.155. The molecule has 2 N–H and O–H groups in total. The number of carbonyl (C=O) groups is 1. The van der Waals surface area contributed by atoms with E-state index in [1.807, 2.05) is 6.92 Å². The third-order valence-electron chi connectivity index (χ3n) is 2.62. The second-order valence-corrected chi connectivity index (χ2v) is 4.19. The maximum absolute atomic E-state index is 11.6. The van der Waals surface area contributed by atoms with Gasteiger partial charge in [0.2, 0.25) is 0 Å². The Labute approximate surface area is 105 Å². The number of aliphatic hydroxyl groups excluding tert-OH is 1. The molecule has 0 aliphatic carbocycles. The van der Waals surface area contributed by atoms with Crippen LogP contribution in [-0.4, -0.2) is 36.9 Å². The largest absolute Gasteiger partial charge is 0.465 e. The van der Waals surface area contributed by atoms with Gasteiger partial charge in [-0.05, 0) is 32.7 Å². The van der Waals surface area contributed by atoms with Gasteiger partial charge in [0.05, 0.1) is 6.61 Å². The summed E-state index contributed by atoms with van der Waals surface area (Å²) in [7, 11) is 0. The van der Waals surface area contributed by atoms with Crippen LogP contribution < -0.4 is 5.32 Å². The first-order chi connectivity index (χ1) is 8.26.